The van der Waals surface area contributed by atoms with Crippen molar-refractivity contribution < 1.29 is 26.2 Å². The molecule has 0 unspecified atom stereocenters. The minimum Gasteiger partial charge on any atom is -0.342 e. The molecule has 1 heteroatoms. The van der Waals surface area contributed by atoms with E-state index < -0.39 is 0 Å². The number of benzene rings is 4. The third kappa shape index (κ3) is 10.1. The van der Waals surface area contributed by atoms with Crippen LogP contribution in [0.15, 0.2) is 121 Å². The molecule has 2 saturated carbocycles. The van der Waals surface area contributed by atoms with Crippen LogP contribution in [0.5, 0.6) is 0 Å². The maximum absolute atomic E-state index is 4.59. The van der Waals surface area contributed by atoms with Crippen molar-refractivity contribution in [3.05, 3.63) is 222 Å². The van der Waals surface area contributed by atoms with Gasteiger partial charge in [0.05, 0.1) is 0 Å². The topological polar surface area (TPSA) is 0 Å². The molecule has 7 rings (SSSR count). The molecule has 0 saturated heterocycles. The second-order valence-electron chi connectivity index (χ2n) is 11.0. The Bertz CT molecular complexity index is 1310. The minimum atomic E-state index is 0. The number of hydrogen-bond donors (Lipinski definition) is 0. The van der Waals surface area contributed by atoms with Crippen LogP contribution in [0, 0.1) is 89.9 Å². The second kappa shape index (κ2) is 19.0. The Morgan fingerprint density at radius 2 is 0.556 bits per heavy atom. The van der Waals surface area contributed by atoms with Crippen molar-refractivity contribution in [1.29, 1.82) is 0 Å². The molecular formula is C44H40Zr. The SMILES string of the molecule is [CH2-][C@H]1C/C(c2ccccc2)=C(c2ccccc2)\C(c2ccccc2)=C(\c2ccccc2)C[C@@H]1[CH2-].[CH]1[CH][CH][CH][CH]1.[CH]1[CH][CH][CH][CH]1.[Zr+2]. The average molecular weight is 660 g/mol. The van der Waals surface area contributed by atoms with Gasteiger partial charge >= 0.3 is 26.2 Å². The van der Waals surface area contributed by atoms with Crippen LogP contribution in [-0.2, 0) is 26.2 Å². The van der Waals surface area contributed by atoms with Gasteiger partial charge in [-0.2, -0.15) is 11.8 Å². The van der Waals surface area contributed by atoms with Crippen LogP contribution >= 0.6 is 0 Å². The molecule has 2 atom stereocenters. The number of rotatable bonds is 4. The minimum absolute atomic E-state index is 0. The van der Waals surface area contributed by atoms with Crippen LogP contribution in [0.1, 0.15) is 35.1 Å². The van der Waals surface area contributed by atoms with Gasteiger partial charge in [-0.15, -0.1) is 0 Å². The quantitative estimate of drug-likeness (QED) is 0.191. The fourth-order valence-electron chi connectivity index (χ4n) is 5.65. The predicted octanol–water partition coefficient (Wildman–Crippen LogP) is 10.9. The van der Waals surface area contributed by atoms with E-state index in [2.05, 4.69) is 135 Å². The monoisotopic (exact) mass is 658 g/mol. The summed E-state index contributed by atoms with van der Waals surface area (Å²) in [5.74, 6) is 0.426. The molecule has 4 aromatic rings. The van der Waals surface area contributed by atoms with E-state index in [1.165, 1.54) is 44.5 Å². The Balaban J connectivity index is 0.000000356. The van der Waals surface area contributed by atoms with Crippen molar-refractivity contribution >= 4 is 22.3 Å². The zero-order valence-corrected chi connectivity index (χ0v) is 28.3. The number of hydrogen-bond acceptors (Lipinski definition) is 0. The first-order chi connectivity index (χ1) is 21.7. The molecule has 3 aliphatic carbocycles. The first-order valence-corrected chi connectivity index (χ1v) is 15.4. The van der Waals surface area contributed by atoms with Crippen LogP contribution in [0.25, 0.3) is 22.3 Å². The fourth-order valence-corrected chi connectivity index (χ4v) is 5.65. The predicted molar refractivity (Wildman–Crippen MR) is 189 cm³/mol. The molecule has 0 aromatic heterocycles. The van der Waals surface area contributed by atoms with Gasteiger partial charge in [-0.05, 0) is 109 Å². The van der Waals surface area contributed by atoms with Crippen LogP contribution < -0.4 is 0 Å². The maximum atomic E-state index is 4.59. The molecule has 45 heavy (non-hydrogen) atoms. The fraction of sp³-hybridized carbons (Fsp3) is 0.0909. The molecule has 3 aliphatic rings. The summed E-state index contributed by atoms with van der Waals surface area (Å²) >= 11 is 0. The summed E-state index contributed by atoms with van der Waals surface area (Å²) in [5, 5.41) is 0. The summed E-state index contributed by atoms with van der Waals surface area (Å²) in [7, 11) is 0. The maximum Gasteiger partial charge on any atom is 2.00 e. The molecule has 0 heterocycles. The standard InChI is InChI=1S/C34H30.2C5H5.Zr/c1-25-23-31(27-15-7-3-8-16-27)33(29-19-11-5-12-20-29)34(30-21-13-6-14-22-30)32(24-26(25)2)28-17-9-4-10-18-28;2*1-2-4-5-3-1;/h3-22,25-26H,1-2,23-24H2;2*1-5H;/q-2;;;+2/b33-31+,34-32+;;;/t25-,26-;;;/m0.../s1. The summed E-state index contributed by atoms with van der Waals surface area (Å²) in [5.41, 5.74) is 10.3. The molecular weight excluding hydrogens is 620 g/mol. The molecule has 0 aliphatic heterocycles. The molecule has 0 spiro atoms. The van der Waals surface area contributed by atoms with Crippen LogP contribution in [0.4, 0.5) is 0 Å². The Hall–Kier alpha value is -2.76. The Labute approximate surface area is 293 Å². The van der Waals surface area contributed by atoms with Gasteiger partial charge in [0.15, 0.2) is 0 Å². The zero-order chi connectivity index (χ0) is 30.4. The zero-order valence-electron chi connectivity index (χ0n) is 25.8. The smallest absolute Gasteiger partial charge is 0.342 e. The van der Waals surface area contributed by atoms with Crippen molar-refractivity contribution in [3.8, 4) is 0 Å². The van der Waals surface area contributed by atoms with Crippen LogP contribution in [0.3, 0.4) is 0 Å². The van der Waals surface area contributed by atoms with E-state index in [9.17, 15) is 0 Å². The van der Waals surface area contributed by atoms with Gasteiger partial charge in [0.25, 0.3) is 0 Å². The van der Waals surface area contributed by atoms with Gasteiger partial charge in [-0.3, -0.25) is 0 Å². The van der Waals surface area contributed by atoms with Gasteiger partial charge in [-0.25, -0.2) is 0 Å². The van der Waals surface area contributed by atoms with Gasteiger partial charge in [0.1, 0.15) is 0 Å². The van der Waals surface area contributed by atoms with Crippen molar-refractivity contribution in [1.82, 2.24) is 0 Å². The summed E-state index contributed by atoms with van der Waals surface area (Å²) in [6.45, 7) is 9.18. The van der Waals surface area contributed by atoms with Crippen molar-refractivity contribution in [2.75, 3.05) is 0 Å². The molecule has 4 aromatic carbocycles. The molecule has 0 bridgehead atoms. The van der Waals surface area contributed by atoms with E-state index in [1.54, 1.807) is 0 Å². The largest absolute Gasteiger partial charge is 2.00 e. The first-order valence-electron chi connectivity index (χ1n) is 15.4. The summed E-state index contributed by atoms with van der Waals surface area (Å²) in [6, 6.07) is 43.3. The molecule has 10 radical (unpaired) electrons. The van der Waals surface area contributed by atoms with Crippen LogP contribution in [-0.4, -0.2) is 0 Å². The third-order valence-electron chi connectivity index (χ3n) is 7.93. The van der Waals surface area contributed by atoms with Crippen molar-refractivity contribution in [3.63, 3.8) is 0 Å². The Morgan fingerprint density at radius 1 is 0.333 bits per heavy atom. The Morgan fingerprint density at radius 3 is 0.800 bits per heavy atom. The van der Waals surface area contributed by atoms with E-state index in [4.69, 9.17) is 0 Å². The van der Waals surface area contributed by atoms with Gasteiger partial charge in [0, 0.05) is 0 Å². The molecule has 220 valence electrons. The van der Waals surface area contributed by atoms with Gasteiger partial charge < -0.3 is 13.8 Å². The van der Waals surface area contributed by atoms with Crippen molar-refractivity contribution in [2.45, 2.75) is 12.8 Å². The van der Waals surface area contributed by atoms with E-state index in [1.807, 2.05) is 64.2 Å². The van der Waals surface area contributed by atoms with E-state index in [0.29, 0.717) is 0 Å². The molecule has 0 nitrogen and oxygen atoms in total. The molecule has 2 fully saturated rings. The Kier molecular flexibility index (Phi) is 14.8. The first kappa shape index (κ1) is 35.1. The average Bonchev–Trinajstić information content (AvgIpc) is 3.87. The third-order valence-corrected chi connectivity index (χ3v) is 7.93. The second-order valence-corrected chi connectivity index (χ2v) is 11.0. The van der Waals surface area contributed by atoms with E-state index >= 15 is 0 Å². The number of allylic oxidation sites excluding steroid dienone is 4. The molecule has 0 N–H and O–H groups in total. The van der Waals surface area contributed by atoms with Crippen LogP contribution in [0.2, 0.25) is 0 Å². The normalized spacial score (nSPS) is 22.9. The van der Waals surface area contributed by atoms with Crippen molar-refractivity contribution in [2.24, 2.45) is 11.8 Å². The summed E-state index contributed by atoms with van der Waals surface area (Å²) in [4.78, 5) is 0. The van der Waals surface area contributed by atoms with E-state index in [-0.39, 0.29) is 38.0 Å². The summed E-state index contributed by atoms with van der Waals surface area (Å²) in [6.07, 6.45) is 21.8. The molecule has 0 amide bonds. The van der Waals surface area contributed by atoms with Gasteiger partial charge in [-0.1, -0.05) is 134 Å². The van der Waals surface area contributed by atoms with Gasteiger partial charge in [0.2, 0.25) is 0 Å². The summed E-state index contributed by atoms with van der Waals surface area (Å²) < 4.78 is 0. The van der Waals surface area contributed by atoms with E-state index in [0.717, 1.165) is 12.8 Å².